The Kier molecular flexibility index (Phi) is 4.77. The van der Waals surface area contributed by atoms with Crippen molar-refractivity contribution in [2.24, 2.45) is 0 Å². The maximum Gasteiger partial charge on any atom is 0.254 e. The minimum absolute atomic E-state index is 0.0267. The summed E-state index contributed by atoms with van der Waals surface area (Å²) in [7, 11) is 0. The smallest absolute Gasteiger partial charge is 0.254 e. The first-order valence-corrected chi connectivity index (χ1v) is 10.7. The molecule has 1 saturated carbocycles. The van der Waals surface area contributed by atoms with E-state index in [2.05, 4.69) is 15.3 Å². The lowest BCUT2D eigenvalue weighted by atomic mass is 9.77. The van der Waals surface area contributed by atoms with E-state index in [0.717, 1.165) is 60.1 Å². The number of nitrogens with one attached hydrogen (secondary N) is 2. The van der Waals surface area contributed by atoms with Crippen molar-refractivity contribution in [1.29, 1.82) is 0 Å². The molecule has 0 atom stereocenters. The van der Waals surface area contributed by atoms with Crippen molar-refractivity contribution in [1.82, 2.24) is 20.2 Å². The second-order valence-electron chi connectivity index (χ2n) is 8.49. The summed E-state index contributed by atoms with van der Waals surface area (Å²) in [6, 6.07) is 15.6. The van der Waals surface area contributed by atoms with Crippen molar-refractivity contribution in [2.75, 3.05) is 0 Å². The average molecular weight is 402 g/mol. The molecule has 1 aliphatic heterocycles. The molecule has 2 aliphatic rings. The SMILES string of the molecule is O=C(CC1(N2Cc3ccccc3C2=O)CCCCC1)NCc1nc2ccccc2[nH]1. The molecule has 1 aliphatic carbocycles. The summed E-state index contributed by atoms with van der Waals surface area (Å²) >= 11 is 0. The second kappa shape index (κ2) is 7.59. The molecule has 0 spiro atoms. The number of carbonyl (C=O) groups is 2. The van der Waals surface area contributed by atoms with E-state index in [0.29, 0.717) is 19.5 Å². The zero-order chi connectivity index (χ0) is 20.6. The second-order valence-corrected chi connectivity index (χ2v) is 8.49. The highest BCUT2D eigenvalue weighted by atomic mass is 16.2. The number of benzene rings is 2. The van der Waals surface area contributed by atoms with Gasteiger partial charge in [-0.1, -0.05) is 49.6 Å². The lowest BCUT2D eigenvalue weighted by Gasteiger charge is -2.44. The largest absolute Gasteiger partial charge is 0.349 e. The van der Waals surface area contributed by atoms with Gasteiger partial charge in [0.25, 0.3) is 5.91 Å². The normalized spacial score (nSPS) is 17.9. The van der Waals surface area contributed by atoms with Crippen LogP contribution in [0.3, 0.4) is 0 Å². The Hall–Kier alpha value is -3.15. The quantitative estimate of drug-likeness (QED) is 0.679. The summed E-state index contributed by atoms with van der Waals surface area (Å²) in [5.41, 5.74) is 3.31. The Morgan fingerprint density at radius 2 is 1.83 bits per heavy atom. The van der Waals surface area contributed by atoms with Gasteiger partial charge in [0.15, 0.2) is 0 Å². The number of hydrogen-bond acceptors (Lipinski definition) is 3. The number of hydrogen-bond donors (Lipinski definition) is 2. The van der Waals surface area contributed by atoms with E-state index < -0.39 is 5.54 Å². The van der Waals surface area contributed by atoms with Crippen LogP contribution in [0.1, 0.15) is 60.3 Å². The molecule has 1 fully saturated rings. The highest BCUT2D eigenvalue weighted by molar-refractivity contribution is 5.99. The number of para-hydroxylation sites is 2. The van der Waals surface area contributed by atoms with Crippen LogP contribution in [0.25, 0.3) is 11.0 Å². The van der Waals surface area contributed by atoms with Crippen molar-refractivity contribution in [3.8, 4) is 0 Å². The molecule has 2 aromatic carbocycles. The molecule has 0 saturated heterocycles. The van der Waals surface area contributed by atoms with Gasteiger partial charge in [-0.2, -0.15) is 0 Å². The van der Waals surface area contributed by atoms with Crippen LogP contribution in [0.5, 0.6) is 0 Å². The van der Waals surface area contributed by atoms with E-state index >= 15 is 0 Å². The van der Waals surface area contributed by atoms with Crippen LogP contribution < -0.4 is 5.32 Å². The number of rotatable bonds is 5. The Balaban J connectivity index is 1.31. The number of nitrogens with zero attached hydrogens (tertiary/aromatic N) is 2. The lowest BCUT2D eigenvalue weighted by Crippen LogP contribution is -2.52. The zero-order valence-electron chi connectivity index (χ0n) is 17.0. The third-order valence-corrected chi connectivity index (χ3v) is 6.56. The van der Waals surface area contributed by atoms with Gasteiger partial charge in [0, 0.05) is 18.5 Å². The first-order chi connectivity index (χ1) is 14.6. The summed E-state index contributed by atoms with van der Waals surface area (Å²) in [6.07, 6.45) is 5.37. The van der Waals surface area contributed by atoms with Gasteiger partial charge in [0.1, 0.15) is 5.82 Å². The fraction of sp³-hybridized carbons (Fsp3) is 0.375. The van der Waals surface area contributed by atoms with E-state index in [1.807, 2.05) is 53.4 Å². The summed E-state index contributed by atoms with van der Waals surface area (Å²) in [5.74, 6) is 0.783. The van der Waals surface area contributed by atoms with Crippen LogP contribution in [-0.2, 0) is 17.9 Å². The molecule has 0 unspecified atom stereocenters. The Bertz CT molecular complexity index is 1060. The predicted octanol–water partition coefficient (Wildman–Crippen LogP) is 3.93. The molecule has 3 aromatic rings. The molecule has 154 valence electrons. The number of amides is 2. The number of carbonyl (C=O) groups excluding carboxylic acids is 2. The van der Waals surface area contributed by atoms with E-state index in [-0.39, 0.29) is 11.8 Å². The van der Waals surface area contributed by atoms with Gasteiger partial charge in [0.05, 0.1) is 23.1 Å². The van der Waals surface area contributed by atoms with Crippen LogP contribution in [0, 0.1) is 0 Å². The molecule has 6 nitrogen and oxygen atoms in total. The highest BCUT2D eigenvalue weighted by Crippen LogP contribution is 2.41. The topological polar surface area (TPSA) is 78.1 Å². The summed E-state index contributed by atoms with van der Waals surface area (Å²) in [5, 5.41) is 3.02. The minimum atomic E-state index is -0.397. The number of aromatic amines is 1. The van der Waals surface area contributed by atoms with E-state index in [4.69, 9.17) is 0 Å². The van der Waals surface area contributed by atoms with Crippen LogP contribution in [0.2, 0.25) is 0 Å². The van der Waals surface area contributed by atoms with Crippen molar-refractivity contribution in [2.45, 2.75) is 57.2 Å². The number of aromatic nitrogens is 2. The lowest BCUT2D eigenvalue weighted by molar-refractivity contribution is -0.124. The van der Waals surface area contributed by atoms with Crippen LogP contribution >= 0.6 is 0 Å². The van der Waals surface area contributed by atoms with Crippen LogP contribution in [0.15, 0.2) is 48.5 Å². The summed E-state index contributed by atoms with van der Waals surface area (Å²) in [4.78, 5) is 35.8. The molecule has 5 rings (SSSR count). The fourth-order valence-electron chi connectivity index (χ4n) is 5.02. The minimum Gasteiger partial charge on any atom is -0.349 e. The molecular weight excluding hydrogens is 376 g/mol. The van der Waals surface area contributed by atoms with Crippen LogP contribution in [0.4, 0.5) is 0 Å². The molecule has 2 heterocycles. The van der Waals surface area contributed by atoms with Crippen molar-refractivity contribution >= 4 is 22.8 Å². The zero-order valence-corrected chi connectivity index (χ0v) is 17.0. The van der Waals surface area contributed by atoms with Gasteiger partial charge < -0.3 is 15.2 Å². The van der Waals surface area contributed by atoms with Crippen molar-refractivity contribution in [3.63, 3.8) is 0 Å². The molecule has 0 radical (unpaired) electrons. The molecule has 2 amide bonds. The first kappa shape index (κ1) is 18.9. The molecule has 6 heteroatoms. The van der Waals surface area contributed by atoms with E-state index in [1.54, 1.807) is 0 Å². The maximum atomic E-state index is 13.1. The molecule has 0 bridgehead atoms. The molecular formula is C24H26N4O2. The molecule has 1 aromatic heterocycles. The Labute approximate surface area is 175 Å². The number of fused-ring (bicyclic) bond motifs is 2. The highest BCUT2D eigenvalue weighted by Gasteiger charge is 2.45. The summed E-state index contributed by atoms with van der Waals surface area (Å²) in [6.45, 7) is 0.962. The summed E-state index contributed by atoms with van der Waals surface area (Å²) < 4.78 is 0. The number of imidazole rings is 1. The molecule has 2 N–H and O–H groups in total. The van der Waals surface area contributed by atoms with Crippen LogP contribution in [-0.4, -0.2) is 32.2 Å². The number of H-pyrrole nitrogens is 1. The van der Waals surface area contributed by atoms with Gasteiger partial charge in [-0.25, -0.2) is 4.98 Å². The monoisotopic (exact) mass is 402 g/mol. The van der Waals surface area contributed by atoms with Crippen molar-refractivity contribution < 1.29 is 9.59 Å². The Morgan fingerprint density at radius 3 is 2.63 bits per heavy atom. The average Bonchev–Trinajstić information content (AvgIpc) is 3.34. The first-order valence-electron chi connectivity index (χ1n) is 10.7. The molecule has 30 heavy (non-hydrogen) atoms. The van der Waals surface area contributed by atoms with E-state index in [9.17, 15) is 9.59 Å². The van der Waals surface area contributed by atoms with E-state index in [1.165, 1.54) is 0 Å². The van der Waals surface area contributed by atoms with Crippen molar-refractivity contribution in [3.05, 3.63) is 65.5 Å². The maximum absolute atomic E-state index is 13.1. The third-order valence-electron chi connectivity index (χ3n) is 6.56. The van der Waals surface area contributed by atoms with Gasteiger partial charge in [0.2, 0.25) is 5.91 Å². The standard InChI is InChI=1S/C24H26N4O2/c29-22(25-15-21-26-19-10-4-5-11-20(19)27-21)14-24(12-6-1-7-13-24)28-16-17-8-2-3-9-18(17)23(28)30/h2-5,8-11H,1,6-7,12-16H2,(H,25,29)(H,26,27). The van der Waals surface area contributed by atoms with Gasteiger partial charge in [-0.15, -0.1) is 0 Å². The van der Waals surface area contributed by atoms with Gasteiger partial charge in [-0.05, 0) is 36.6 Å². The van der Waals surface area contributed by atoms with Gasteiger partial charge in [-0.3, -0.25) is 9.59 Å². The van der Waals surface area contributed by atoms with Gasteiger partial charge >= 0.3 is 0 Å². The third kappa shape index (κ3) is 3.36. The Morgan fingerprint density at radius 1 is 1.07 bits per heavy atom. The predicted molar refractivity (Wildman–Crippen MR) is 115 cm³/mol. The fourth-order valence-corrected chi connectivity index (χ4v) is 5.02.